The first-order chi connectivity index (χ1) is 5.68. The summed E-state index contributed by atoms with van der Waals surface area (Å²) in [6.07, 6.45) is 2.56. The summed E-state index contributed by atoms with van der Waals surface area (Å²) in [5, 5.41) is 4.48. The summed E-state index contributed by atoms with van der Waals surface area (Å²) in [4.78, 5) is 4.42. The molecule has 1 aromatic heterocycles. The third-order valence-corrected chi connectivity index (χ3v) is 2.23. The summed E-state index contributed by atoms with van der Waals surface area (Å²) in [5.41, 5.74) is 0. The van der Waals surface area contributed by atoms with E-state index in [0.29, 0.717) is 12.0 Å². The Morgan fingerprint density at radius 3 is 2.50 bits per heavy atom. The molecule has 0 saturated heterocycles. The molecule has 0 atom stereocenters. The summed E-state index contributed by atoms with van der Waals surface area (Å²) in [6.45, 7) is 6.30. The van der Waals surface area contributed by atoms with Crippen LogP contribution in [0.1, 0.15) is 50.3 Å². The molecule has 3 nitrogen and oxygen atoms in total. The average Bonchev–Trinajstić information content (AvgIpc) is 2.75. The SMILES string of the molecule is Cc1nc(C(C)C)nn1C1CC1. The lowest BCUT2D eigenvalue weighted by Gasteiger charge is -1.97. The lowest BCUT2D eigenvalue weighted by Crippen LogP contribution is -1.99. The first kappa shape index (κ1) is 7.77. The fourth-order valence-corrected chi connectivity index (χ4v) is 1.33. The van der Waals surface area contributed by atoms with Gasteiger partial charge >= 0.3 is 0 Å². The Balaban J connectivity index is 2.30. The normalized spacial score (nSPS) is 17.3. The van der Waals surface area contributed by atoms with E-state index in [-0.39, 0.29) is 0 Å². The van der Waals surface area contributed by atoms with E-state index in [1.54, 1.807) is 0 Å². The van der Waals surface area contributed by atoms with Gasteiger partial charge in [-0.1, -0.05) is 13.8 Å². The van der Waals surface area contributed by atoms with Gasteiger partial charge in [-0.05, 0) is 19.8 Å². The van der Waals surface area contributed by atoms with Crippen LogP contribution in [0.3, 0.4) is 0 Å². The van der Waals surface area contributed by atoms with Crippen LogP contribution in [0, 0.1) is 6.92 Å². The van der Waals surface area contributed by atoms with Crippen LogP contribution >= 0.6 is 0 Å². The van der Waals surface area contributed by atoms with Crippen LogP contribution in [0.15, 0.2) is 0 Å². The molecule has 1 saturated carbocycles. The number of hydrogen-bond donors (Lipinski definition) is 0. The number of nitrogens with zero attached hydrogens (tertiary/aromatic N) is 3. The highest BCUT2D eigenvalue weighted by atomic mass is 15.4. The smallest absolute Gasteiger partial charge is 0.153 e. The van der Waals surface area contributed by atoms with Gasteiger partial charge < -0.3 is 0 Å². The minimum atomic E-state index is 0.448. The van der Waals surface area contributed by atoms with E-state index in [1.807, 2.05) is 6.92 Å². The molecule has 0 radical (unpaired) electrons. The monoisotopic (exact) mass is 165 g/mol. The van der Waals surface area contributed by atoms with Crippen molar-refractivity contribution in [1.82, 2.24) is 14.8 Å². The largest absolute Gasteiger partial charge is 0.247 e. The van der Waals surface area contributed by atoms with Crippen molar-refractivity contribution in [3.05, 3.63) is 11.6 Å². The molecule has 1 fully saturated rings. The van der Waals surface area contributed by atoms with E-state index >= 15 is 0 Å². The van der Waals surface area contributed by atoms with Crippen molar-refractivity contribution in [2.45, 2.75) is 45.6 Å². The molecule has 0 unspecified atom stereocenters. The van der Waals surface area contributed by atoms with Gasteiger partial charge in [0.05, 0.1) is 6.04 Å². The molecule has 1 aliphatic rings. The van der Waals surface area contributed by atoms with Crippen LogP contribution in [0.25, 0.3) is 0 Å². The molecular weight excluding hydrogens is 150 g/mol. The zero-order valence-corrected chi connectivity index (χ0v) is 7.91. The predicted molar refractivity (Wildman–Crippen MR) is 47.1 cm³/mol. The zero-order valence-electron chi connectivity index (χ0n) is 7.91. The molecule has 66 valence electrons. The fourth-order valence-electron chi connectivity index (χ4n) is 1.33. The van der Waals surface area contributed by atoms with Crippen LogP contribution in [0.4, 0.5) is 0 Å². The second kappa shape index (κ2) is 2.57. The zero-order chi connectivity index (χ0) is 8.72. The minimum absolute atomic E-state index is 0.448. The van der Waals surface area contributed by atoms with E-state index in [4.69, 9.17) is 0 Å². The highest BCUT2D eigenvalue weighted by Gasteiger charge is 2.27. The van der Waals surface area contributed by atoms with Crippen LogP contribution in [0.5, 0.6) is 0 Å². The topological polar surface area (TPSA) is 30.7 Å². The number of rotatable bonds is 2. The van der Waals surface area contributed by atoms with Gasteiger partial charge in [0.2, 0.25) is 0 Å². The first-order valence-electron chi connectivity index (χ1n) is 4.61. The minimum Gasteiger partial charge on any atom is -0.247 e. The molecule has 3 heteroatoms. The second-order valence-electron chi connectivity index (χ2n) is 3.85. The maximum atomic E-state index is 4.48. The van der Waals surface area contributed by atoms with E-state index in [1.165, 1.54) is 12.8 Å². The quantitative estimate of drug-likeness (QED) is 0.671. The van der Waals surface area contributed by atoms with Crippen LogP contribution in [-0.2, 0) is 0 Å². The number of aryl methyl sites for hydroxylation is 1. The Morgan fingerprint density at radius 1 is 1.42 bits per heavy atom. The van der Waals surface area contributed by atoms with Gasteiger partial charge in [0, 0.05) is 5.92 Å². The van der Waals surface area contributed by atoms with E-state index in [2.05, 4.69) is 28.6 Å². The van der Waals surface area contributed by atoms with Crippen molar-refractivity contribution in [3.8, 4) is 0 Å². The molecule has 1 aromatic rings. The number of aromatic nitrogens is 3. The molecular formula is C9H15N3. The van der Waals surface area contributed by atoms with E-state index < -0.39 is 0 Å². The number of hydrogen-bond acceptors (Lipinski definition) is 2. The van der Waals surface area contributed by atoms with Gasteiger partial charge in [0.15, 0.2) is 5.82 Å². The maximum Gasteiger partial charge on any atom is 0.153 e. The standard InChI is InChI=1S/C9H15N3/c1-6(2)9-10-7(3)12(11-9)8-4-5-8/h6,8H,4-5H2,1-3H3. The van der Waals surface area contributed by atoms with Gasteiger partial charge in [-0.25, -0.2) is 9.67 Å². The molecule has 1 aliphatic carbocycles. The molecule has 0 aromatic carbocycles. The maximum absolute atomic E-state index is 4.48. The van der Waals surface area contributed by atoms with Gasteiger partial charge in [-0.15, -0.1) is 0 Å². The second-order valence-corrected chi connectivity index (χ2v) is 3.85. The predicted octanol–water partition coefficient (Wildman–Crippen LogP) is 2.04. The van der Waals surface area contributed by atoms with Crippen LogP contribution in [-0.4, -0.2) is 14.8 Å². The van der Waals surface area contributed by atoms with Crippen LogP contribution < -0.4 is 0 Å². The summed E-state index contributed by atoms with van der Waals surface area (Å²) in [5.74, 6) is 2.50. The van der Waals surface area contributed by atoms with E-state index in [0.717, 1.165) is 11.6 Å². The summed E-state index contributed by atoms with van der Waals surface area (Å²) in [7, 11) is 0. The molecule has 0 amide bonds. The lowest BCUT2D eigenvalue weighted by atomic mass is 10.2. The Labute approximate surface area is 72.8 Å². The van der Waals surface area contributed by atoms with Crippen molar-refractivity contribution >= 4 is 0 Å². The molecule has 0 N–H and O–H groups in total. The Kier molecular flexibility index (Phi) is 1.67. The average molecular weight is 165 g/mol. The van der Waals surface area contributed by atoms with Crippen LogP contribution in [0.2, 0.25) is 0 Å². The lowest BCUT2D eigenvalue weighted by molar-refractivity contribution is 0.604. The fraction of sp³-hybridized carbons (Fsp3) is 0.778. The van der Waals surface area contributed by atoms with Crippen molar-refractivity contribution in [1.29, 1.82) is 0 Å². The highest BCUT2D eigenvalue weighted by molar-refractivity contribution is 4.99. The van der Waals surface area contributed by atoms with E-state index in [9.17, 15) is 0 Å². The van der Waals surface area contributed by atoms with Gasteiger partial charge in [-0.2, -0.15) is 5.10 Å². The summed E-state index contributed by atoms with van der Waals surface area (Å²) in [6, 6.07) is 0.657. The molecule has 12 heavy (non-hydrogen) atoms. The highest BCUT2D eigenvalue weighted by Crippen LogP contribution is 2.35. The molecule has 1 heterocycles. The molecule has 0 aliphatic heterocycles. The van der Waals surface area contributed by atoms with Gasteiger partial charge in [0.25, 0.3) is 0 Å². The summed E-state index contributed by atoms with van der Waals surface area (Å²) >= 11 is 0. The van der Waals surface area contributed by atoms with Crippen molar-refractivity contribution in [2.24, 2.45) is 0 Å². The first-order valence-corrected chi connectivity index (χ1v) is 4.61. The Hall–Kier alpha value is -0.860. The van der Waals surface area contributed by atoms with Crippen molar-refractivity contribution < 1.29 is 0 Å². The Morgan fingerprint density at radius 2 is 2.08 bits per heavy atom. The molecule has 2 rings (SSSR count). The van der Waals surface area contributed by atoms with Crippen molar-refractivity contribution in [2.75, 3.05) is 0 Å². The van der Waals surface area contributed by atoms with Gasteiger partial charge in [0.1, 0.15) is 5.82 Å². The summed E-state index contributed by atoms with van der Waals surface area (Å²) < 4.78 is 2.08. The Bertz CT molecular complexity index is 284. The third kappa shape index (κ3) is 1.24. The van der Waals surface area contributed by atoms with Crippen molar-refractivity contribution in [3.63, 3.8) is 0 Å². The molecule has 0 spiro atoms. The van der Waals surface area contributed by atoms with Gasteiger partial charge in [-0.3, -0.25) is 0 Å². The molecule has 0 bridgehead atoms. The third-order valence-electron chi connectivity index (χ3n) is 2.23.